The Bertz CT molecular complexity index is 870. The van der Waals surface area contributed by atoms with E-state index in [-0.39, 0.29) is 22.8 Å². The van der Waals surface area contributed by atoms with Crippen molar-refractivity contribution in [3.05, 3.63) is 45.8 Å². The highest BCUT2D eigenvalue weighted by Gasteiger charge is 2.18. The summed E-state index contributed by atoms with van der Waals surface area (Å²) in [7, 11) is 0. The molecule has 2 N–H and O–H groups in total. The molecular formula is C15H12O5. The van der Waals surface area contributed by atoms with Crippen LogP contribution in [0.25, 0.3) is 22.5 Å². The molecule has 0 bridgehead atoms. The average Bonchev–Trinajstić information content (AvgIpc) is 2.83. The monoisotopic (exact) mass is 272 g/mol. The van der Waals surface area contributed by atoms with E-state index in [1.54, 1.807) is 19.1 Å². The van der Waals surface area contributed by atoms with Crippen LogP contribution in [-0.2, 0) is 0 Å². The van der Waals surface area contributed by atoms with Crippen molar-refractivity contribution in [2.24, 2.45) is 0 Å². The summed E-state index contributed by atoms with van der Waals surface area (Å²) >= 11 is 0. The first-order chi connectivity index (χ1) is 9.47. The fourth-order valence-electron chi connectivity index (χ4n) is 2.10. The maximum Gasteiger partial charge on any atom is 0.343 e. The van der Waals surface area contributed by atoms with Crippen molar-refractivity contribution in [2.75, 3.05) is 0 Å². The Labute approximate surface area is 113 Å². The number of aromatic hydroxyl groups is 2. The summed E-state index contributed by atoms with van der Waals surface area (Å²) < 4.78 is 10.8. The molecule has 2 aromatic heterocycles. The number of furan rings is 1. The van der Waals surface area contributed by atoms with E-state index < -0.39 is 5.63 Å². The third kappa shape index (κ3) is 1.75. The third-order valence-corrected chi connectivity index (χ3v) is 3.28. The van der Waals surface area contributed by atoms with Gasteiger partial charge in [-0.1, -0.05) is 0 Å². The molecule has 0 aliphatic carbocycles. The maximum absolute atomic E-state index is 11.6. The summed E-state index contributed by atoms with van der Waals surface area (Å²) in [5.74, 6) is 0.507. The van der Waals surface area contributed by atoms with Crippen LogP contribution in [0.3, 0.4) is 0 Å². The molecule has 102 valence electrons. The Morgan fingerprint density at radius 1 is 1.00 bits per heavy atom. The molecule has 3 aromatic rings. The standard InChI is InChI=1S/C15H12O5/c1-7-13(17)8(2)15(18)20-14(7)12-5-9-3-4-10(16)6-11(9)19-12/h3-6,16-17H,1-2H3. The summed E-state index contributed by atoms with van der Waals surface area (Å²) in [5, 5.41) is 20.1. The van der Waals surface area contributed by atoms with Crippen LogP contribution in [-0.4, -0.2) is 10.2 Å². The minimum absolute atomic E-state index is 0.0864. The van der Waals surface area contributed by atoms with Crippen molar-refractivity contribution in [3.63, 3.8) is 0 Å². The van der Waals surface area contributed by atoms with Crippen LogP contribution in [0.5, 0.6) is 11.5 Å². The highest BCUT2D eigenvalue weighted by atomic mass is 16.4. The molecule has 0 atom stereocenters. The highest BCUT2D eigenvalue weighted by molar-refractivity contribution is 5.83. The molecule has 0 aliphatic rings. The average molecular weight is 272 g/mol. The Kier molecular flexibility index (Phi) is 2.57. The van der Waals surface area contributed by atoms with Crippen LogP contribution in [0.4, 0.5) is 0 Å². The van der Waals surface area contributed by atoms with E-state index in [4.69, 9.17) is 8.83 Å². The van der Waals surface area contributed by atoms with Gasteiger partial charge in [-0.2, -0.15) is 0 Å². The van der Waals surface area contributed by atoms with Gasteiger partial charge in [0.1, 0.15) is 17.1 Å². The molecule has 5 heteroatoms. The Balaban J connectivity index is 2.28. The van der Waals surface area contributed by atoms with Crippen LogP contribution < -0.4 is 5.63 Å². The first kappa shape index (κ1) is 12.3. The molecule has 0 saturated carbocycles. The van der Waals surface area contributed by atoms with Gasteiger partial charge in [0, 0.05) is 17.0 Å². The molecule has 1 aromatic carbocycles. The van der Waals surface area contributed by atoms with Crippen LogP contribution >= 0.6 is 0 Å². The quantitative estimate of drug-likeness (QED) is 0.711. The molecule has 20 heavy (non-hydrogen) atoms. The van der Waals surface area contributed by atoms with E-state index in [0.717, 1.165) is 5.39 Å². The summed E-state index contributed by atoms with van der Waals surface area (Å²) in [5.41, 5.74) is 0.471. The van der Waals surface area contributed by atoms with Crippen LogP contribution in [0.15, 0.2) is 37.9 Å². The normalized spacial score (nSPS) is 11.1. The molecular weight excluding hydrogens is 260 g/mol. The second-order valence-corrected chi connectivity index (χ2v) is 4.65. The predicted molar refractivity (Wildman–Crippen MR) is 73.0 cm³/mol. The largest absolute Gasteiger partial charge is 0.508 e. The summed E-state index contributed by atoms with van der Waals surface area (Å²) in [6.07, 6.45) is 0. The number of hydrogen-bond donors (Lipinski definition) is 2. The van der Waals surface area contributed by atoms with Gasteiger partial charge in [-0.3, -0.25) is 0 Å². The first-order valence-electron chi connectivity index (χ1n) is 6.03. The summed E-state index contributed by atoms with van der Waals surface area (Å²) in [4.78, 5) is 11.6. The van der Waals surface area contributed by atoms with Crippen molar-refractivity contribution >= 4 is 11.0 Å². The van der Waals surface area contributed by atoms with E-state index in [9.17, 15) is 15.0 Å². The zero-order valence-electron chi connectivity index (χ0n) is 10.9. The second-order valence-electron chi connectivity index (χ2n) is 4.65. The van der Waals surface area contributed by atoms with Crippen LogP contribution in [0.1, 0.15) is 11.1 Å². The molecule has 5 nitrogen and oxygen atoms in total. The first-order valence-corrected chi connectivity index (χ1v) is 6.03. The molecule has 0 fully saturated rings. The molecule has 3 rings (SSSR count). The highest BCUT2D eigenvalue weighted by Crippen LogP contribution is 2.34. The van der Waals surface area contributed by atoms with Crippen molar-refractivity contribution < 1.29 is 19.0 Å². The van der Waals surface area contributed by atoms with Gasteiger partial charge in [0.2, 0.25) is 0 Å². The summed E-state index contributed by atoms with van der Waals surface area (Å²) in [6.45, 7) is 3.14. The van der Waals surface area contributed by atoms with Crippen molar-refractivity contribution in [1.82, 2.24) is 0 Å². The zero-order chi connectivity index (χ0) is 14.4. The lowest BCUT2D eigenvalue weighted by molar-refractivity contribution is 0.433. The molecule has 0 saturated heterocycles. The van der Waals surface area contributed by atoms with E-state index in [1.807, 2.05) is 0 Å². The second kappa shape index (κ2) is 4.16. The number of phenols is 1. The van der Waals surface area contributed by atoms with Crippen molar-refractivity contribution in [3.8, 4) is 23.0 Å². The Morgan fingerprint density at radius 3 is 2.50 bits per heavy atom. The Morgan fingerprint density at radius 2 is 1.75 bits per heavy atom. The van der Waals surface area contributed by atoms with E-state index in [0.29, 0.717) is 16.9 Å². The summed E-state index contributed by atoms with van der Waals surface area (Å²) in [6, 6.07) is 6.39. The Hall–Kier alpha value is -2.69. The number of rotatable bonds is 1. The molecule has 0 unspecified atom stereocenters. The van der Waals surface area contributed by atoms with Crippen molar-refractivity contribution in [2.45, 2.75) is 13.8 Å². The van der Waals surface area contributed by atoms with Crippen LogP contribution in [0, 0.1) is 13.8 Å². The molecule has 0 aliphatic heterocycles. The van der Waals surface area contributed by atoms with Gasteiger partial charge in [0.15, 0.2) is 11.5 Å². The van der Waals surface area contributed by atoms with E-state index >= 15 is 0 Å². The number of hydrogen-bond acceptors (Lipinski definition) is 5. The van der Waals surface area contributed by atoms with Crippen molar-refractivity contribution in [1.29, 1.82) is 0 Å². The lowest BCUT2D eigenvalue weighted by Crippen LogP contribution is -2.05. The lowest BCUT2D eigenvalue weighted by Gasteiger charge is -2.05. The number of fused-ring (bicyclic) bond motifs is 1. The number of phenolic OH excluding ortho intramolecular Hbond substituents is 1. The van der Waals surface area contributed by atoms with Gasteiger partial charge < -0.3 is 19.0 Å². The van der Waals surface area contributed by atoms with E-state index in [1.165, 1.54) is 19.1 Å². The molecule has 0 radical (unpaired) electrons. The SMILES string of the molecule is Cc1c(-c2cc3ccc(O)cc3o2)oc(=O)c(C)c1O. The van der Waals surface area contributed by atoms with Gasteiger partial charge in [-0.05, 0) is 32.0 Å². The van der Waals surface area contributed by atoms with Gasteiger partial charge in [0.25, 0.3) is 0 Å². The van der Waals surface area contributed by atoms with Crippen LogP contribution in [0.2, 0.25) is 0 Å². The minimum Gasteiger partial charge on any atom is -0.508 e. The lowest BCUT2D eigenvalue weighted by atomic mass is 10.1. The number of benzene rings is 1. The molecule has 2 heterocycles. The van der Waals surface area contributed by atoms with Gasteiger partial charge >= 0.3 is 5.63 Å². The third-order valence-electron chi connectivity index (χ3n) is 3.28. The minimum atomic E-state index is -0.605. The zero-order valence-corrected chi connectivity index (χ0v) is 10.9. The van der Waals surface area contributed by atoms with Gasteiger partial charge in [-0.25, -0.2) is 4.79 Å². The van der Waals surface area contributed by atoms with E-state index in [2.05, 4.69) is 0 Å². The topological polar surface area (TPSA) is 83.8 Å². The van der Waals surface area contributed by atoms with Gasteiger partial charge in [0.05, 0.1) is 5.56 Å². The maximum atomic E-state index is 11.6. The molecule has 0 amide bonds. The molecule has 0 spiro atoms. The fraction of sp³-hybridized carbons (Fsp3) is 0.133. The van der Waals surface area contributed by atoms with Gasteiger partial charge in [-0.15, -0.1) is 0 Å². The predicted octanol–water partition coefficient (Wildman–Crippen LogP) is 3.08. The fourth-order valence-corrected chi connectivity index (χ4v) is 2.10. The smallest absolute Gasteiger partial charge is 0.343 e.